The highest BCUT2D eigenvalue weighted by atomic mass is 32.2. The highest BCUT2D eigenvalue weighted by Crippen LogP contribution is 2.37. The molecule has 0 bridgehead atoms. The zero-order valence-corrected chi connectivity index (χ0v) is 16.0. The summed E-state index contributed by atoms with van der Waals surface area (Å²) in [5.41, 5.74) is 6.67. The summed E-state index contributed by atoms with van der Waals surface area (Å²) in [6.07, 6.45) is 3.49. The summed E-state index contributed by atoms with van der Waals surface area (Å²) in [5, 5.41) is 11.9. The molecule has 0 saturated heterocycles. The van der Waals surface area contributed by atoms with Crippen molar-refractivity contribution in [1.82, 2.24) is 9.97 Å². The van der Waals surface area contributed by atoms with E-state index in [9.17, 15) is 10.1 Å². The van der Waals surface area contributed by atoms with Gasteiger partial charge in [-0.3, -0.25) is 10.1 Å². The van der Waals surface area contributed by atoms with Crippen molar-refractivity contribution < 1.29 is 4.92 Å². The van der Waals surface area contributed by atoms with Crippen molar-refractivity contribution in [1.29, 1.82) is 0 Å². The number of hydrogen-bond donors (Lipinski definition) is 1. The summed E-state index contributed by atoms with van der Waals surface area (Å²) in [6, 6.07) is 19.5. The fraction of sp³-hybridized carbons (Fsp3) is 0.0526. The first-order chi connectivity index (χ1) is 13.1. The molecular formula is C19H16N4O2S2. The number of anilines is 1. The third kappa shape index (κ3) is 4.66. The van der Waals surface area contributed by atoms with Gasteiger partial charge in [-0.25, -0.2) is 4.98 Å². The van der Waals surface area contributed by atoms with Crippen LogP contribution < -0.4 is 5.73 Å². The predicted molar refractivity (Wildman–Crippen MR) is 111 cm³/mol. The summed E-state index contributed by atoms with van der Waals surface area (Å²) in [4.78, 5) is 21.1. The van der Waals surface area contributed by atoms with Crippen LogP contribution in [0.5, 0.6) is 0 Å². The van der Waals surface area contributed by atoms with Gasteiger partial charge in [0.1, 0.15) is 5.69 Å². The van der Waals surface area contributed by atoms with Gasteiger partial charge in [-0.1, -0.05) is 72.1 Å². The van der Waals surface area contributed by atoms with Gasteiger partial charge in [0, 0.05) is 9.80 Å². The molecule has 3 rings (SSSR count). The molecule has 0 saturated carbocycles. The minimum atomic E-state index is -0.541. The molecule has 0 aliphatic heterocycles. The van der Waals surface area contributed by atoms with Crippen molar-refractivity contribution in [2.45, 2.75) is 10.1 Å². The van der Waals surface area contributed by atoms with Gasteiger partial charge in [0.2, 0.25) is 5.82 Å². The van der Waals surface area contributed by atoms with E-state index in [1.54, 1.807) is 12.3 Å². The van der Waals surface area contributed by atoms with Crippen LogP contribution in [0.4, 0.5) is 11.5 Å². The van der Waals surface area contributed by atoms with Crippen LogP contribution in [-0.4, -0.2) is 21.1 Å². The molecule has 0 spiro atoms. The van der Waals surface area contributed by atoms with E-state index in [1.807, 2.05) is 60.7 Å². The Bertz CT molecular complexity index is 980. The van der Waals surface area contributed by atoms with E-state index >= 15 is 0 Å². The molecule has 0 aliphatic rings. The summed E-state index contributed by atoms with van der Waals surface area (Å²) in [6.45, 7) is 0. The first kappa shape index (κ1) is 18.9. The highest BCUT2D eigenvalue weighted by Gasteiger charge is 2.22. The number of thioether (sulfide) groups is 2. The molecule has 1 heterocycles. The van der Waals surface area contributed by atoms with Gasteiger partial charge in [0.05, 0.1) is 4.92 Å². The van der Waals surface area contributed by atoms with Gasteiger partial charge >= 0.3 is 5.69 Å². The number of nitro groups is 1. The van der Waals surface area contributed by atoms with Gasteiger partial charge in [0.25, 0.3) is 0 Å². The van der Waals surface area contributed by atoms with Crippen molar-refractivity contribution in [3.63, 3.8) is 0 Å². The highest BCUT2D eigenvalue weighted by molar-refractivity contribution is 8.08. The monoisotopic (exact) mass is 396 g/mol. The van der Waals surface area contributed by atoms with Crippen molar-refractivity contribution in [3.8, 4) is 0 Å². The molecule has 0 atom stereocenters. The molecule has 1 aromatic heterocycles. The van der Waals surface area contributed by atoms with E-state index in [4.69, 9.17) is 5.73 Å². The summed E-state index contributed by atoms with van der Waals surface area (Å²) in [5.74, 6) is -0.136. The van der Waals surface area contributed by atoms with Gasteiger partial charge in [-0.2, -0.15) is 4.98 Å². The molecule has 136 valence electrons. The van der Waals surface area contributed by atoms with Gasteiger partial charge < -0.3 is 5.73 Å². The van der Waals surface area contributed by atoms with Gasteiger partial charge in [0.15, 0.2) is 5.16 Å². The quantitative estimate of drug-likeness (QED) is 0.272. The van der Waals surface area contributed by atoms with Crippen LogP contribution in [0, 0.1) is 10.1 Å². The number of nitrogens with zero attached hydrogens (tertiary/aromatic N) is 3. The maximum Gasteiger partial charge on any atom is 0.336 e. The van der Waals surface area contributed by atoms with Gasteiger partial charge in [-0.15, -0.1) is 0 Å². The molecule has 27 heavy (non-hydrogen) atoms. The molecule has 8 heteroatoms. The zero-order valence-electron chi connectivity index (χ0n) is 14.4. The largest absolute Gasteiger partial charge is 0.378 e. The molecule has 2 aromatic carbocycles. The van der Waals surface area contributed by atoms with Crippen LogP contribution in [0.1, 0.15) is 11.3 Å². The van der Waals surface area contributed by atoms with E-state index in [1.165, 1.54) is 23.5 Å². The fourth-order valence-corrected chi connectivity index (χ4v) is 3.71. The van der Waals surface area contributed by atoms with Crippen LogP contribution in [0.15, 0.2) is 70.7 Å². The lowest BCUT2D eigenvalue weighted by molar-refractivity contribution is -0.384. The third-order valence-electron chi connectivity index (χ3n) is 3.58. The number of aromatic nitrogens is 2. The first-order valence-electron chi connectivity index (χ1n) is 7.94. The molecule has 0 aliphatic carbocycles. The lowest BCUT2D eigenvalue weighted by Crippen LogP contribution is -2.04. The van der Waals surface area contributed by atoms with E-state index in [0.29, 0.717) is 5.16 Å². The lowest BCUT2D eigenvalue weighted by Gasteiger charge is -2.09. The molecular weight excluding hydrogens is 380 g/mol. The number of nitrogens with two attached hydrogens (primary N) is 1. The zero-order chi connectivity index (χ0) is 19.2. The average Bonchev–Trinajstić information content (AvgIpc) is 2.68. The van der Waals surface area contributed by atoms with Crippen molar-refractivity contribution in [2.24, 2.45) is 0 Å². The molecule has 3 aromatic rings. The second-order valence-electron chi connectivity index (χ2n) is 5.38. The second kappa shape index (κ2) is 8.70. The van der Waals surface area contributed by atoms with E-state index in [-0.39, 0.29) is 17.2 Å². The summed E-state index contributed by atoms with van der Waals surface area (Å²) in [7, 11) is 0. The Morgan fingerprint density at radius 2 is 1.70 bits per heavy atom. The van der Waals surface area contributed by atoms with Crippen LogP contribution in [-0.2, 0) is 0 Å². The van der Waals surface area contributed by atoms with E-state index in [0.717, 1.165) is 15.4 Å². The fourth-order valence-electron chi connectivity index (χ4n) is 2.36. The van der Waals surface area contributed by atoms with Crippen LogP contribution >= 0.6 is 23.5 Å². The molecule has 0 radical (unpaired) electrons. The number of rotatable bonds is 6. The molecule has 0 amide bonds. The SMILES string of the molecule is CSc1nc(N)c([N+](=O)[O-])c(/C=C(\Sc2ccccc2)c2ccccc2)n1. The van der Waals surface area contributed by atoms with Crippen LogP contribution in [0.3, 0.4) is 0 Å². The molecule has 0 unspecified atom stereocenters. The third-order valence-corrected chi connectivity index (χ3v) is 5.21. The minimum absolute atomic E-state index is 0.136. The number of benzene rings is 2. The Balaban J connectivity index is 2.16. The van der Waals surface area contributed by atoms with E-state index < -0.39 is 4.92 Å². The van der Waals surface area contributed by atoms with E-state index in [2.05, 4.69) is 9.97 Å². The minimum Gasteiger partial charge on any atom is -0.378 e. The van der Waals surface area contributed by atoms with Gasteiger partial charge in [-0.05, 0) is 30.0 Å². The van der Waals surface area contributed by atoms with Crippen LogP contribution in [0.25, 0.3) is 11.0 Å². The molecule has 6 nitrogen and oxygen atoms in total. The Labute approximate surface area is 165 Å². The number of hydrogen-bond acceptors (Lipinski definition) is 7. The Morgan fingerprint density at radius 3 is 2.30 bits per heavy atom. The standard InChI is InChI=1S/C19H16N4O2S2/c1-26-19-21-15(17(23(24)25)18(20)22-19)12-16(13-8-4-2-5-9-13)27-14-10-6-3-7-11-14/h2-12H,1H3,(H2,20,21,22)/b16-12-. The lowest BCUT2D eigenvalue weighted by atomic mass is 10.2. The maximum absolute atomic E-state index is 11.5. The summed E-state index contributed by atoms with van der Waals surface area (Å²) >= 11 is 2.79. The maximum atomic E-state index is 11.5. The van der Waals surface area contributed by atoms with Crippen molar-refractivity contribution >= 4 is 46.0 Å². The van der Waals surface area contributed by atoms with Crippen molar-refractivity contribution in [2.75, 3.05) is 12.0 Å². The van der Waals surface area contributed by atoms with Crippen LogP contribution in [0.2, 0.25) is 0 Å². The van der Waals surface area contributed by atoms with Crippen molar-refractivity contribution in [3.05, 3.63) is 82.0 Å². The molecule has 0 fully saturated rings. The Hall–Kier alpha value is -2.84. The summed E-state index contributed by atoms with van der Waals surface area (Å²) < 4.78 is 0. The first-order valence-corrected chi connectivity index (χ1v) is 9.98. The smallest absolute Gasteiger partial charge is 0.336 e. The number of nitrogen functional groups attached to an aromatic ring is 1. The topological polar surface area (TPSA) is 94.9 Å². The average molecular weight is 396 g/mol. The molecule has 2 N–H and O–H groups in total. The Morgan fingerprint density at radius 1 is 1.07 bits per heavy atom. The second-order valence-corrected chi connectivity index (χ2v) is 7.26. The normalized spacial score (nSPS) is 11.4. The Kier molecular flexibility index (Phi) is 6.10. The predicted octanol–water partition coefficient (Wildman–Crippen LogP) is 4.98.